The summed E-state index contributed by atoms with van der Waals surface area (Å²) < 4.78 is 4.59. The fourth-order valence-corrected chi connectivity index (χ4v) is 1.63. The first-order chi connectivity index (χ1) is 5.12. The number of hydrogen-bond acceptors (Lipinski definition) is 3. The van der Waals surface area contributed by atoms with Crippen LogP contribution in [0.15, 0.2) is 0 Å². The number of rotatable bonds is 2. The van der Waals surface area contributed by atoms with Crippen molar-refractivity contribution in [2.45, 2.75) is 31.7 Å². The standard InChI is InChI=1S/C8H15NO2/c1-3-6-4-8(9,5-6)7(10)11-2/h6H,3-5,9H2,1-2H3. The summed E-state index contributed by atoms with van der Waals surface area (Å²) >= 11 is 0. The average molecular weight is 157 g/mol. The molecule has 2 N–H and O–H groups in total. The van der Waals surface area contributed by atoms with Gasteiger partial charge in [-0.05, 0) is 18.8 Å². The second kappa shape index (κ2) is 2.81. The normalized spacial score (nSPS) is 36.1. The number of methoxy groups -OCH3 is 1. The Hall–Kier alpha value is -0.570. The summed E-state index contributed by atoms with van der Waals surface area (Å²) in [6.07, 6.45) is 2.68. The average Bonchev–Trinajstić information content (AvgIpc) is 1.96. The Kier molecular flexibility index (Phi) is 2.18. The van der Waals surface area contributed by atoms with E-state index in [0.717, 1.165) is 19.3 Å². The lowest BCUT2D eigenvalue weighted by molar-refractivity contribution is -0.152. The van der Waals surface area contributed by atoms with Gasteiger partial charge in [0.15, 0.2) is 0 Å². The third kappa shape index (κ3) is 1.38. The van der Waals surface area contributed by atoms with E-state index >= 15 is 0 Å². The van der Waals surface area contributed by atoms with Crippen molar-refractivity contribution in [3.63, 3.8) is 0 Å². The van der Waals surface area contributed by atoms with Crippen LogP contribution in [0.5, 0.6) is 0 Å². The zero-order valence-electron chi connectivity index (χ0n) is 7.09. The summed E-state index contributed by atoms with van der Waals surface area (Å²) in [6, 6.07) is 0. The van der Waals surface area contributed by atoms with Gasteiger partial charge in [0.1, 0.15) is 5.54 Å². The van der Waals surface area contributed by atoms with E-state index in [4.69, 9.17) is 5.73 Å². The predicted molar refractivity (Wildman–Crippen MR) is 41.9 cm³/mol. The Balaban J connectivity index is 2.42. The van der Waals surface area contributed by atoms with Crippen LogP contribution in [0.2, 0.25) is 0 Å². The second-order valence-electron chi connectivity index (χ2n) is 3.33. The second-order valence-corrected chi connectivity index (χ2v) is 3.33. The molecule has 0 aromatic heterocycles. The van der Waals surface area contributed by atoms with Crippen molar-refractivity contribution < 1.29 is 9.53 Å². The van der Waals surface area contributed by atoms with Crippen LogP contribution >= 0.6 is 0 Å². The zero-order chi connectivity index (χ0) is 8.48. The molecule has 3 nitrogen and oxygen atoms in total. The molecule has 0 aromatic carbocycles. The first-order valence-electron chi connectivity index (χ1n) is 3.99. The Labute approximate surface area is 66.9 Å². The highest BCUT2D eigenvalue weighted by Gasteiger charge is 2.46. The lowest BCUT2D eigenvalue weighted by Crippen LogP contribution is -2.58. The van der Waals surface area contributed by atoms with Crippen LogP contribution in [0.3, 0.4) is 0 Å². The van der Waals surface area contributed by atoms with E-state index in [9.17, 15) is 4.79 Å². The van der Waals surface area contributed by atoms with Crippen LogP contribution in [0, 0.1) is 5.92 Å². The molecule has 0 atom stereocenters. The zero-order valence-corrected chi connectivity index (χ0v) is 7.09. The van der Waals surface area contributed by atoms with Crippen LogP contribution in [0.4, 0.5) is 0 Å². The van der Waals surface area contributed by atoms with E-state index in [1.54, 1.807) is 0 Å². The molecule has 3 heteroatoms. The number of nitrogens with two attached hydrogens (primary N) is 1. The Morgan fingerprint density at radius 1 is 1.73 bits per heavy atom. The predicted octanol–water partition coefficient (Wildman–Crippen LogP) is 0.677. The monoisotopic (exact) mass is 157 g/mol. The fraction of sp³-hybridized carbons (Fsp3) is 0.875. The maximum atomic E-state index is 11.0. The fourth-order valence-electron chi connectivity index (χ4n) is 1.63. The maximum absolute atomic E-state index is 11.0. The smallest absolute Gasteiger partial charge is 0.325 e. The molecule has 0 saturated heterocycles. The van der Waals surface area contributed by atoms with Gasteiger partial charge in [0.05, 0.1) is 7.11 Å². The molecule has 11 heavy (non-hydrogen) atoms. The number of carbonyl (C=O) groups is 1. The summed E-state index contributed by atoms with van der Waals surface area (Å²) in [4.78, 5) is 11.0. The Bertz CT molecular complexity index is 161. The van der Waals surface area contributed by atoms with Crippen molar-refractivity contribution >= 4 is 5.97 Å². The van der Waals surface area contributed by atoms with Gasteiger partial charge < -0.3 is 10.5 Å². The molecule has 0 radical (unpaired) electrons. The van der Waals surface area contributed by atoms with E-state index < -0.39 is 5.54 Å². The molecule has 0 bridgehead atoms. The van der Waals surface area contributed by atoms with Crippen LogP contribution in [0.1, 0.15) is 26.2 Å². The van der Waals surface area contributed by atoms with Gasteiger partial charge in [-0.25, -0.2) is 0 Å². The lowest BCUT2D eigenvalue weighted by Gasteiger charge is -2.41. The van der Waals surface area contributed by atoms with Crippen molar-refractivity contribution in [3.05, 3.63) is 0 Å². The largest absolute Gasteiger partial charge is 0.468 e. The van der Waals surface area contributed by atoms with E-state index in [1.165, 1.54) is 7.11 Å². The Morgan fingerprint density at radius 2 is 2.27 bits per heavy atom. The molecule has 1 fully saturated rings. The topological polar surface area (TPSA) is 52.3 Å². The number of hydrogen-bond donors (Lipinski definition) is 1. The van der Waals surface area contributed by atoms with Gasteiger partial charge in [0.2, 0.25) is 0 Å². The summed E-state index contributed by atoms with van der Waals surface area (Å²) in [5, 5.41) is 0. The number of carbonyl (C=O) groups excluding carboxylic acids is 1. The molecule has 0 heterocycles. The van der Waals surface area contributed by atoms with Gasteiger partial charge in [0.25, 0.3) is 0 Å². The van der Waals surface area contributed by atoms with E-state index in [0.29, 0.717) is 5.92 Å². The van der Waals surface area contributed by atoms with Crippen LogP contribution < -0.4 is 5.73 Å². The number of ether oxygens (including phenoxy) is 1. The van der Waals surface area contributed by atoms with E-state index in [2.05, 4.69) is 11.7 Å². The molecule has 0 aliphatic heterocycles. The van der Waals surface area contributed by atoms with Crippen molar-refractivity contribution in [3.8, 4) is 0 Å². The molecule has 0 aromatic rings. The molecule has 1 aliphatic rings. The van der Waals surface area contributed by atoms with E-state index in [1.807, 2.05) is 0 Å². The third-order valence-corrected chi connectivity index (χ3v) is 2.48. The maximum Gasteiger partial charge on any atom is 0.325 e. The molecule has 64 valence electrons. The van der Waals surface area contributed by atoms with Crippen LogP contribution in [-0.4, -0.2) is 18.6 Å². The highest BCUT2D eigenvalue weighted by molar-refractivity contribution is 5.81. The quantitative estimate of drug-likeness (QED) is 0.599. The van der Waals surface area contributed by atoms with Gasteiger partial charge >= 0.3 is 5.97 Å². The van der Waals surface area contributed by atoms with Gasteiger partial charge in [-0.1, -0.05) is 13.3 Å². The lowest BCUT2D eigenvalue weighted by atomic mass is 9.68. The summed E-state index contributed by atoms with van der Waals surface area (Å²) in [5.74, 6) is 0.362. The minimum absolute atomic E-state index is 0.262. The van der Waals surface area contributed by atoms with Crippen molar-refractivity contribution in [2.75, 3.05) is 7.11 Å². The summed E-state index contributed by atoms with van der Waals surface area (Å²) in [5.41, 5.74) is 5.09. The minimum Gasteiger partial charge on any atom is -0.468 e. The molecule has 1 rings (SSSR count). The minimum atomic E-state index is -0.657. The van der Waals surface area contributed by atoms with Gasteiger partial charge in [-0.15, -0.1) is 0 Å². The first-order valence-corrected chi connectivity index (χ1v) is 3.99. The number of esters is 1. The highest BCUT2D eigenvalue weighted by Crippen LogP contribution is 2.38. The summed E-state index contributed by atoms with van der Waals surface area (Å²) in [6.45, 7) is 2.11. The molecule has 0 unspecified atom stereocenters. The van der Waals surface area contributed by atoms with Crippen molar-refractivity contribution in [1.82, 2.24) is 0 Å². The highest BCUT2D eigenvalue weighted by atomic mass is 16.5. The summed E-state index contributed by atoms with van der Waals surface area (Å²) in [7, 11) is 1.39. The first kappa shape index (κ1) is 8.53. The van der Waals surface area contributed by atoms with Crippen molar-refractivity contribution in [2.24, 2.45) is 11.7 Å². The molecular weight excluding hydrogens is 142 g/mol. The van der Waals surface area contributed by atoms with Gasteiger partial charge in [-0.2, -0.15) is 0 Å². The van der Waals surface area contributed by atoms with Gasteiger partial charge in [-0.3, -0.25) is 4.79 Å². The Morgan fingerprint density at radius 3 is 2.64 bits per heavy atom. The molecular formula is C8H15NO2. The van der Waals surface area contributed by atoms with E-state index in [-0.39, 0.29) is 5.97 Å². The van der Waals surface area contributed by atoms with Gasteiger partial charge in [0, 0.05) is 0 Å². The molecule has 1 saturated carbocycles. The SMILES string of the molecule is CCC1CC(N)(C(=O)OC)C1. The molecule has 1 aliphatic carbocycles. The van der Waals surface area contributed by atoms with Crippen molar-refractivity contribution in [1.29, 1.82) is 0 Å². The third-order valence-electron chi connectivity index (χ3n) is 2.48. The van der Waals surface area contributed by atoms with Crippen LogP contribution in [0.25, 0.3) is 0 Å². The van der Waals surface area contributed by atoms with Crippen LogP contribution in [-0.2, 0) is 9.53 Å². The molecule has 0 amide bonds. The molecule has 0 spiro atoms.